The lowest BCUT2D eigenvalue weighted by Crippen LogP contribution is -2.13. The van der Waals surface area contributed by atoms with Crippen LogP contribution in [0.4, 0.5) is 23.4 Å². The van der Waals surface area contributed by atoms with E-state index in [2.05, 4.69) is 20.6 Å². The number of alkyl halides is 3. The van der Waals surface area contributed by atoms with E-state index in [1.807, 2.05) is 0 Å². The fraction of sp³-hybridized carbons (Fsp3) is 0.286. The molecule has 1 N–H and O–H groups in total. The van der Waals surface area contributed by atoms with Crippen molar-refractivity contribution in [3.8, 4) is 22.8 Å². The maximum absolute atomic E-state index is 14.7. The topological polar surface area (TPSA) is 78.5 Å². The van der Waals surface area contributed by atoms with E-state index in [0.29, 0.717) is 40.7 Å². The molecule has 5 heterocycles. The molecule has 0 saturated heterocycles. The van der Waals surface area contributed by atoms with Crippen LogP contribution in [0.2, 0.25) is 0 Å². The summed E-state index contributed by atoms with van der Waals surface area (Å²) in [6.45, 7) is 0.700. The van der Waals surface area contributed by atoms with Crippen molar-refractivity contribution in [3.05, 3.63) is 53.2 Å². The number of hydrogen-bond donors (Lipinski definition) is 1. The predicted octanol–water partition coefficient (Wildman–Crippen LogP) is 3.77. The number of halogens is 4. The van der Waals surface area contributed by atoms with Crippen LogP contribution < -0.4 is 14.8 Å². The quantitative estimate of drug-likeness (QED) is 0.436. The van der Waals surface area contributed by atoms with Gasteiger partial charge in [0.2, 0.25) is 0 Å². The van der Waals surface area contributed by atoms with Crippen molar-refractivity contribution in [3.63, 3.8) is 0 Å². The molecule has 6 rings (SSSR count). The van der Waals surface area contributed by atoms with Gasteiger partial charge >= 0.3 is 6.18 Å². The molecule has 0 amide bonds. The highest BCUT2D eigenvalue weighted by molar-refractivity contribution is 5.80. The third-order valence-electron chi connectivity index (χ3n) is 5.97. The highest BCUT2D eigenvalue weighted by atomic mass is 19.4. The molecule has 3 aromatic heterocycles. The molecular weight excluding hydrogens is 444 g/mol. The number of hydrogen-bond acceptors (Lipinski definition) is 6. The third-order valence-corrected chi connectivity index (χ3v) is 5.97. The molecule has 0 saturated carbocycles. The van der Waals surface area contributed by atoms with Gasteiger partial charge in [-0.25, -0.2) is 4.39 Å². The Morgan fingerprint density at radius 1 is 1.12 bits per heavy atom. The fourth-order valence-corrected chi connectivity index (χ4v) is 4.43. The van der Waals surface area contributed by atoms with Gasteiger partial charge in [-0.2, -0.15) is 18.3 Å². The highest BCUT2D eigenvalue weighted by Gasteiger charge is 2.36. The highest BCUT2D eigenvalue weighted by Crippen LogP contribution is 2.42. The second kappa shape index (κ2) is 6.83. The van der Waals surface area contributed by atoms with Gasteiger partial charge in [0.05, 0.1) is 24.8 Å². The normalized spacial score (nSPS) is 17.3. The van der Waals surface area contributed by atoms with Gasteiger partial charge < -0.3 is 14.8 Å². The van der Waals surface area contributed by atoms with Gasteiger partial charge in [0.1, 0.15) is 17.9 Å². The minimum Gasteiger partial charge on any atom is -0.493 e. The zero-order valence-corrected chi connectivity index (χ0v) is 17.1. The van der Waals surface area contributed by atoms with E-state index in [4.69, 9.17) is 9.47 Å². The molecule has 0 spiro atoms. The number of nitrogens with one attached hydrogen (secondary N) is 1. The van der Waals surface area contributed by atoms with E-state index in [9.17, 15) is 17.6 Å². The SMILES string of the molecule is Cn1nc(C(F)(F)F)cc1-c1cc2c(n3cnnc13)NCc1c(F)ccc3c1[C@@H](CO3)CO2. The maximum atomic E-state index is 14.7. The standard InChI is InChI=1S/C21H16F4N6O2/c1-30-14(5-17(29-30)21(23,24)25)11-4-16-20(31-9-27-28-19(11)31)26-6-12-13(22)2-3-15-18(12)10(7-32-15)8-33-16/h2-5,9-10,26H,6-8H2,1H3/t10-/m0/s1. The number of nitrogens with zero attached hydrogens (tertiary/aromatic N) is 5. The summed E-state index contributed by atoms with van der Waals surface area (Å²) in [6, 6.07) is 5.54. The van der Waals surface area contributed by atoms with Crippen molar-refractivity contribution < 1.29 is 27.0 Å². The van der Waals surface area contributed by atoms with E-state index in [1.165, 1.54) is 19.4 Å². The fourth-order valence-electron chi connectivity index (χ4n) is 4.43. The summed E-state index contributed by atoms with van der Waals surface area (Å²) in [7, 11) is 1.43. The van der Waals surface area contributed by atoms with Gasteiger partial charge in [-0.15, -0.1) is 10.2 Å². The first kappa shape index (κ1) is 19.8. The Hall–Kier alpha value is -3.83. The van der Waals surface area contributed by atoms with Crippen LogP contribution in [0.3, 0.4) is 0 Å². The van der Waals surface area contributed by atoms with Crippen molar-refractivity contribution in [1.82, 2.24) is 24.4 Å². The molecule has 170 valence electrons. The lowest BCUT2D eigenvalue weighted by Gasteiger charge is -2.16. The van der Waals surface area contributed by atoms with Crippen LogP contribution in [-0.4, -0.2) is 37.6 Å². The van der Waals surface area contributed by atoms with Crippen molar-refractivity contribution in [2.75, 3.05) is 18.5 Å². The summed E-state index contributed by atoms with van der Waals surface area (Å²) in [5.41, 5.74) is 1.11. The number of aryl methyl sites for hydroxylation is 1. The second-order valence-electron chi connectivity index (χ2n) is 7.94. The zero-order chi connectivity index (χ0) is 22.9. The molecule has 1 aromatic carbocycles. The average molecular weight is 460 g/mol. The largest absolute Gasteiger partial charge is 0.493 e. The smallest absolute Gasteiger partial charge is 0.435 e. The van der Waals surface area contributed by atoms with Crippen LogP contribution in [0, 0.1) is 5.82 Å². The zero-order valence-electron chi connectivity index (χ0n) is 17.1. The Kier molecular flexibility index (Phi) is 4.10. The Balaban J connectivity index is 1.50. The molecule has 0 aliphatic carbocycles. The number of fused-ring (bicyclic) bond motifs is 3. The number of ether oxygens (including phenoxy) is 2. The van der Waals surface area contributed by atoms with Crippen LogP contribution in [-0.2, 0) is 19.8 Å². The molecule has 12 heteroatoms. The molecule has 0 bridgehead atoms. The van der Waals surface area contributed by atoms with Crippen LogP contribution >= 0.6 is 0 Å². The lowest BCUT2D eigenvalue weighted by atomic mass is 9.96. The van der Waals surface area contributed by atoms with Gasteiger partial charge in [0.25, 0.3) is 0 Å². The van der Waals surface area contributed by atoms with E-state index in [0.717, 1.165) is 16.3 Å². The minimum atomic E-state index is -4.59. The third kappa shape index (κ3) is 3.00. The summed E-state index contributed by atoms with van der Waals surface area (Å²) in [5.74, 6) is 0.916. The number of anilines is 1. The molecule has 8 nitrogen and oxygen atoms in total. The van der Waals surface area contributed by atoms with Crippen LogP contribution in [0.5, 0.6) is 11.5 Å². The van der Waals surface area contributed by atoms with Crippen LogP contribution in [0.15, 0.2) is 30.6 Å². The summed E-state index contributed by atoms with van der Waals surface area (Å²) in [6.07, 6.45) is -3.16. The summed E-state index contributed by atoms with van der Waals surface area (Å²) in [4.78, 5) is 0. The minimum absolute atomic E-state index is 0.155. The van der Waals surface area contributed by atoms with Gasteiger partial charge in [-0.05, 0) is 24.3 Å². The summed E-state index contributed by atoms with van der Waals surface area (Å²) >= 11 is 0. The molecule has 2 aliphatic rings. The molecular formula is C21H16F4N6O2. The molecule has 0 unspecified atom stereocenters. The Labute approximate surface area is 183 Å². The van der Waals surface area contributed by atoms with Gasteiger partial charge in [-0.1, -0.05) is 0 Å². The predicted molar refractivity (Wildman–Crippen MR) is 108 cm³/mol. The van der Waals surface area contributed by atoms with Gasteiger partial charge in [0, 0.05) is 30.3 Å². The van der Waals surface area contributed by atoms with Gasteiger partial charge in [0.15, 0.2) is 22.9 Å². The van der Waals surface area contributed by atoms with E-state index >= 15 is 0 Å². The molecule has 2 aliphatic heterocycles. The maximum Gasteiger partial charge on any atom is 0.435 e. The number of aromatic nitrogens is 5. The van der Waals surface area contributed by atoms with E-state index in [1.54, 1.807) is 16.5 Å². The summed E-state index contributed by atoms with van der Waals surface area (Å²) in [5, 5.41) is 14.8. The molecule has 0 fully saturated rings. The van der Waals surface area contributed by atoms with Crippen LogP contribution in [0.25, 0.3) is 16.9 Å². The molecule has 33 heavy (non-hydrogen) atoms. The first-order chi connectivity index (χ1) is 15.8. The first-order valence-corrected chi connectivity index (χ1v) is 10.1. The van der Waals surface area contributed by atoms with Crippen molar-refractivity contribution >= 4 is 11.5 Å². The monoisotopic (exact) mass is 460 g/mol. The van der Waals surface area contributed by atoms with E-state index in [-0.39, 0.29) is 30.6 Å². The van der Waals surface area contributed by atoms with Gasteiger partial charge in [-0.3, -0.25) is 9.08 Å². The molecule has 4 aromatic rings. The van der Waals surface area contributed by atoms with Crippen molar-refractivity contribution in [2.45, 2.75) is 18.6 Å². The van der Waals surface area contributed by atoms with Crippen LogP contribution in [0.1, 0.15) is 22.7 Å². The second-order valence-corrected chi connectivity index (χ2v) is 7.94. The van der Waals surface area contributed by atoms with Crippen molar-refractivity contribution in [2.24, 2.45) is 7.05 Å². The number of pyridine rings is 1. The summed E-state index contributed by atoms with van der Waals surface area (Å²) < 4.78 is 68.9. The Morgan fingerprint density at radius 3 is 2.67 bits per heavy atom. The molecule has 0 radical (unpaired) electrons. The first-order valence-electron chi connectivity index (χ1n) is 10.1. The molecule has 1 atom stereocenters. The lowest BCUT2D eigenvalue weighted by molar-refractivity contribution is -0.141. The number of rotatable bonds is 1. The Bertz CT molecular complexity index is 1410. The van der Waals surface area contributed by atoms with E-state index < -0.39 is 11.9 Å². The Morgan fingerprint density at radius 2 is 1.91 bits per heavy atom. The number of benzene rings is 1. The van der Waals surface area contributed by atoms with Crippen molar-refractivity contribution in [1.29, 1.82) is 0 Å². The average Bonchev–Trinajstić information content (AvgIpc) is 3.49.